The predicted molar refractivity (Wildman–Crippen MR) is 58.8 cm³/mol. The number of aromatic nitrogens is 6. The molecule has 0 amide bonds. The molecule has 0 radical (unpaired) electrons. The van der Waals surface area contributed by atoms with Gasteiger partial charge in [-0.25, -0.2) is 19.6 Å². The molecule has 3 heterocycles. The van der Waals surface area contributed by atoms with E-state index >= 15 is 0 Å². The zero-order chi connectivity index (χ0) is 13.6. The Morgan fingerprint density at radius 2 is 2.00 bits per heavy atom. The molecule has 6 nitrogen and oxygen atoms in total. The summed E-state index contributed by atoms with van der Waals surface area (Å²) >= 11 is 5.76. The van der Waals surface area contributed by atoms with E-state index in [2.05, 4.69) is 25.0 Å². The maximum absolute atomic E-state index is 12.6. The summed E-state index contributed by atoms with van der Waals surface area (Å²) < 4.78 is 38.6. The third-order valence-electron chi connectivity index (χ3n) is 2.36. The van der Waals surface area contributed by atoms with Gasteiger partial charge in [0.25, 0.3) is 0 Å². The summed E-state index contributed by atoms with van der Waals surface area (Å²) in [7, 11) is 0. The van der Waals surface area contributed by atoms with Gasteiger partial charge in [0, 0.05) is 6.07 Å². The van der Waals surface area contributed by atoms with Crippen LogP contribution in [0.25, 0.3) is 17.0 Å². The van der Waals surface area contributed by atoms with Gasteiger partial charge in [-0.3, -0.25) is 0 Å². The van der Waals surface area contributed by atoms with E-state index in [-0.39, 0.29) is 11.0 Å². The lowest BCUT2D eigenvalue weighted by Gasteiger charge is -2.03. The molecule has 0 spiro atoms. The lowest BCUT2D eigenvalue weighted by Crippen LogP contribution is -2.08. The van der Waals surface area contributed by atoms with E-state index in [1.54, 1.807) is 0 Å². The zero-order valence-corrected chi connectivity index (χ0v) is 9.74. The molecule has 19 heavy (non-hydrogen) atoms. The molecular formula is C9H4ClF3N6. The second-order valence-electron chi connectivity index (χ2n) is 3.56. The highest BCUT2D eigenvalue weighted by molar-refractivity contribution is 6.29. The topological polar surface area (TPSA) is 72.3 Å². The molecule has 0 bridgehead atoms. The van der Waals surface area contributed by atoms with Crippen LogP contribution in [0, 0.1) is 0 Å². The number of hydrogen-bond donors (Lipinski definition) is 1. The third kappa shape index (κ3) is 1.91. The molecule has 0 fully saturated rings. The van der Waals surface area contributed by atoms with E-state index in [0.717, 1.165) is 10.7 Å². The number of aromatic amines is 1. The smallest absolute Gasteiger partial charge is 0.340 e. The maximum atomic E-state index is 12.6. The quantitative estimate of drug-likeness (QED) is 0.745. The van der Waals surface area contributed by atoms with E-state index in [1.165, 1.54) is 12.7 Å². The summed E-state index contributed by atoms with van der Waals surface area (Å²) in [6, 6.07) is 0.728. The number of nitrogens with zero attached hydrogens (tertiary/aromatic N) is 5. The Balaban J connectivity index is 2.22. The molecule has 0 aliphatic rings. The highest BCUT2D eigenvalue weighted by atomic mass is 35.5. The Morgan fingerprint density at radius 1 is 1.21 bits per heavy atom. The second-order valence-corrected chi connectivity index (χ2v) is 3.95. The third-order valence-corrected chi connectivity index (χ3v) is 2.63. The van der Waals surface area contributed by atoms with Crippen LogP contribution < -0.4 is 0 Å². The lowest BCUT2D eigenvalue weighted by atomic mass is 10.4. The molecule has 0 saturated heterocycles. The Kier molecular flexibility index (Phi) is 2.45. The van der Waals surface area contributed by atoms with Gasteiger partial charge in [0.15, 0.2) is 17.2 Å². The predicted octanol–water partition coefficient (Wildman–Crippen LogP) is 2.21. The van der Waals surface area contributed by atoms with Crippen LogP contribution in [0.4, 0.5) is 13.2 Å². The average Bonchev–Trinajstić information content (AvgIpc) is 2.93. The van der Waals surface area contributed by atoms with Crippen molar-refractivity contribution in [3.05, 3.63) is 29.6 Å². The number of halogens is 4. The molecule has 0 unspecified atom stereocenters. The van der Waals surface area contributed by atoms with E-state index < -0.39 is 11.9 Å². The van der Waals surface area contributed by atoms with Crippen molar-refractivity contribution in [2.75, 3.05) is 0 Å². The summed E-state index contributed by atoms with van der Waals surface area (Å²) in [5, 5.41) is 3.20. The van der Waals surface area contributed by atoms with Crippen molar-refractivity contribution in [1.82, 2.24) is 29.7 Å². The van der Waals surface area contributed by atoms with Crippen molar-refractivity contribution in [3.63, 3.8) is 0 Å². The molecule has 3 aromatic rings. The van der Waals surface area contributed by atoms with Crippen LogP contribution in [0.1, 0.15) is 5.69 Å². The fraction of sp³-hybridized carbons (Fsp3) is 0.111. The van der Waals surface area contributed by atoms with Crippen LogP contribution in [0.2, 0.25) is 5.15 Å². The summed E-state index contributed by atoms with van der Waals surface area (Å²) in [6.07, 6.45) is -2.05. The van der Waals surface area contributed by atoms with Crippen molar-refractivity contribution in [2.45, 2.75) is 6.18 Å². The van der Waals surface area contributed by atoms with Crippen LogP contribution in [0.5, 0.6) is 0 Å². The highest BCUT2D eigenvalue weighted by Crippen LogP contribution is 2.31. The van der Waals surface area contributed by atoms with Crippen LogP contribution in [0.3, 0.4) is 0 Å². The normalized spacial score (nSPS) is 12.2. The van der Waals surface area contributed by atoms with Crippen LogP contribution in [0.15, 0.2) is 18.7 Å². The number of alkyl halides is 3. The first kappa shape index (κ1) is 11.9. The molecule has 0 aromatic carbocycles. The molecule has 3 aromatic heterocycles. The zero-order valence-electron chi connectivity index (χ0n) is 8.98. The average molecular weight is 289 g/mol. The summed E-state index contributed by atoms with van der Waals surface area (Å²) in [6.45, 7) is 0. The van der Waals surface area contributed by atoms with Gasteiger partial charge in [-0.05, 0) is 0 Å². The van der Waals surface area contributed by atoms with E-state index in [9.17, 15) is 13.2 Å². The van der Waals surface area contributed by atoms with Crippen LogP contribution in [-0.2, 0) is 6.18 Å². The van der Waals surface area contributed by atoms with Gasteiger partial charge in [0.1, 0.15) is 17.0 Å². The Morgan fingerprint density at radius 3 is 2.68 bits per heavy atom. The Labute approximate surface area is 108 Å². The molecular weight excluding hydrogens is 285 g/mol. The van der Waals surface area contributed by atoms with E-state index in [1.807, 2.05) is 0 Å². The van der Waals surface area contributed by atoms with Crippen LogP contribution in [-0.4, -0.2) is 29.7 Å². The molecule has 0 aliphatic heterocycles. The number of fused-ring (bicyclic) bond motifs is 1. The van der Waals surface area contributed by atoms with E-state index in [0.29, 0.717) is 11.2 Å². The first-order chi connectivity index (χ1) is 8.97. The number of nitrogens with one attached hydrogen (secondary N) is 1. The van der Waals surface area contributed by atoms with Gasteiger partial charge < -0.3 is 4.98 Å². The highest BCUT2D eigenvalue weighted by Gasteiger charge is 2.35. The molecule has 1 N–H and O–H groups in total. The molecule has 0 aliphatic carbocycles. The summed E-state index contributed by atoms with van der Waals surface area (Å²) in [4.78, 5) is 14.3. The van der Waals surface area contributed by atoms with Gasteiger partial charge in [-0.15, -0.1) is 0 Å². The number of H-pyrrole nitrogens is 1. The number of hydrogen-bond acceptors (Lipinski definition) is 4. The van der Waals surface area contributed by atoms with Gasteiger partial charge in [0.05, 0.1) is 6.33 Å². The fourth-order valence-electron chi connectivity index (χ4n) is 1.56. The molecule has 0 atom stereocenters. The van der Waals surface area contributed by atoms with Gasteiger partial charge in [-0.2, -0.15) is 18.3 Å². The number of rotatable bonds is 1. The minimum Gasteiger partial charge on any atom is -0.340 e. The lowest BCUT2D eigenvalue weighted by molar-refractivity contribution is -0.141. The van der Waals surface area contributed by atoms with E-state index in [4.69, 9.17) is 11.6 Å². The SMILES string of the molecule is FC(F)(F)c1cc(Cl)n(-c2ncnc3nc[nH]c23)n1. The summed E-state index contributed by atoms with van der Waals surface area (Å²) in [5.74, 6) is 0.100. The van der Waals surface area contributed by atoms with Crippen molar-refractivity contribution in [3.8, 4) is 5.82 Å². The number of imidazole rings is 1. The minimum absolute atomic E-state index is 0.100. The van der Waals surface area contributed by atoms with Gasteiger partial charge in [-0.1, -0.05) is 11.6 Å². The first-order valence-electron chi connectivity index (χ1n) is 4.94. The maximum Gasteiger partial charge on any atom is 0.435 e. The van der Waals surface area contributed by atoms with Crippen molar-refractivity contribution >= 4 is 22.8 Å². The summed E-state index contributed by atoms with van der Waals surface area (Å²) in [5.41, 5.74) is -0.435. The van der Waals surface area contributed by atoms with Gasteiger partial charge in [0.2, 0.25) is 0 Å². The largest absolute Gasteiger partial charge is 0.435 e. The Hall–Kier alpha value is -2.16. The van der Waals surface area contributed by atoms with Crippen molar-refractivity contribution < 1.29 is 13.2 Å². The fourth-order valence-corrected chi connectivity index (χ4v) is 1.78. The molecule has 10 heteroatoms. The van der Waals surface area contributed by atoms with Gasteiger partial charge >= 0.3 is 6.18 Å². The van der Waals surface area contributed by atoms with Crippen molar-refractivity contribution in [1.29, 1.82) is 0 Å². The molecule has 0 saturated carbocycles. The Bertz CT molecular complexity index is 746. The molecule has 3 rings (SSSR count). The standard InChI is InChI=1S/C9H4ClF3N6/c10-5-1-4(9(11,12)13)18-19(5)8-6-7(15-2-14-6)16-3-17-8/h1-3H,(H,14,15,16,17). The monoisotopic (exact) mass is 288 g/mol. The van der Waals surface area contributed by atoms with Crippen LogP contribution >= 0.6 is 11.6 Å². The first-order valence-corrected chi connectivity index (χ1v) is 5.32. The molecule has 98 valence electrons. The second kappa shape index (κ2) is 3.92. The van der Waals surface area contributed by atoms with Crippen molar-refractivity contribution in [2.24, 2.45) is 0 Å². The minimum atomic E-state index is -4.57.